The van der Waals surface area contributed by atoms with Crippen LogP contribution in [-0.2, 0) is 9.59 Å². The number of halogens is 3. The molecule has 0 radical (unpaired) electrons. The van der Waals surface area contributed by atoms with Gasteiger partial charge in [0.25, 0.3) is 5.91 Å². The topological polar surface area (TPSA) is 139 Å². The Morgan fingerprint density at radius 1 is 1.42 bits per heavy atom. The van der Waals surface area contributed by atoms with Gasteiger partial charge in [-0.1, -0.05) is 6.07 Å². The number of ether oxygens (including phenoxy) is 1. The smallest absolute Gasteiger partial charge is 0.391 e. The van der Waals surface area contributed by atoms with Gasteiger partial charge in [0.2, 0.25) is 11.8 Å². The molecule has 1 saturated heterocycles. The summed E-state index contributed by atoms with van der Waals surface area (Å²) < 4.78 is 46.6. The van der Waals surface area contributed by atoms with E-state index in [1.165, 1.54) is 25.3 Å². The van der Waals surface area contributed by atoms with Gasteiger partial charge in [0.15, 0.2) is 0 Å². The summed E-state index contributed by atoms with van der Waals surface area (Å²) in [5.41, 5.74) is 5.23. The Labute approximate surface area is 186 Å². The minimum absolute atomic E-state index is 0.0459. The van der Waals surface area contributed by atoms with E-state index >= 15 is 0 Å². The van der Waals surface area contributed by atoms with Crippen LogP contribution in [0.3, 0.4) is 0 Å². The van der Waals surface area contributed by atoms with Crippen LogP contribution in [0, 0.1) is 17.2 Å². The number of benzene rings is 1. The molecule has 2 heterocycles. The van der Waals surface area contributed by atoms with Gasteiger partial charge in [-0.05, 0) is 31.0 Å². The maximum absolute atomic E-state index is 13.5. The number of methoxy groups -OCH3 is 1. The third-order valence-corrected chi connectivity index (χ3v) is 5.51. The average molecular weight is 465 g/mol. The number of hydrogen-bond donors (Lipinski definition) is 3. The normalized spacial score (nSPS) is 17.8. The van der Waals surface area contributed by atoms with Crippen molar-refractivity contribution in [2.24, 2.45) is 11.7 Å². The molecule has 33 heavy (non-hydrogen) atoms. The first-order valence-corrected chi connectivity index (χ1v) is 10.1. The number of hydrogen-bond acceptors (Lipinski definition) is 5. The second-order valence-corrected chi connectivity index (χ2v) is 7.69. The van der Waals surface area contributed by atoms with E-state index in [0.29, 0.717) is 18.4 Å². The van der Waals surface area contributed by atoms with E-state index in [1.54, 1.807) is 6.07 Å². The second kappa shape index (κ2) is 9.40. The van der Waals surface area contributed by atoms with Crippen molar-refractivity contribution >= 4 is 28.6 Å². The molecule has 0 bridgehead atoms. The summed E-state index contributed by atoms with van der Waals surface area (Å²) in [7, 11) is 1.35. The quantitative estimate of drug-likeness (QED) is 0.545. The van der Waals surface area contributed by atoms with Gasteiger partial charge in [0.05, 0.1) is 25.1 Å². The van der Waals surface area contributed by atoms with Gasteiger partial charge < -0.3 is 25.7 Å². The lowest BCUT2D eigenvalue weighted by Crippen LogP contribution is -2.42. The molecule has 9 nitrogen and oxygen atoms in total. The van der Waals surface area contributed by atoms with Crippen LogP contribution in [0.25, 0.3) is 10.9 Å². The predicted octanol–water partition coefficient (Wildman–Crippen LogP) is 1.78. The molecule has 1 aliphatic rings. The van der Waals surface area contributed by atoms with Crippen molar-refractivity contribution in [2.75, 3.05) is 13.7 Å². The van der Waals surface area contributed by atoms with Crippen molar-refractivity contribution in [1.29, 1.82) is 5.26 Å². The van der Waals surface area contributed by atoms with Gasteiger partial charge in [0, 0.05) is 17.8 Å². The van der Waals surface area contributed by atoms with Crippen LogP contribution in [0.5, 0.6) is 5.75 Å². The van der Waals surface area contributed by atoms with Crippen molar-refractivity contribution in [3.63, 3.8) is 0 Å². The van der Waals surface area contributed by atoms with E-state index in [2.05, 4.69) is 10.6 Å². The maximum Gasteiger partial charge on any atom is 0.391 e. The highest BCUT2D eigenvalue weighted by Crippen LogP contribution is 2.36. The Bertz CT molecular complexity index is 1120. The number of aromatic nitrogens is 1. The number of nitrogens with two attached hydrogens (primary N) is 1. The summed E-state index contributed by atoms with van der Waals surface area (Å²) in [6.07, 6.45) is -5.98. The van der Waals surface area contributed by atoms with E-state index < -0.39 is 42.4 Å². The monoisotopic (exact) mass is 465 g/mol. The molecule has 1 aromatic carbocycles. The number of fused-ring (bicyclic) bond motifs is 1. The Kier molecular flexibility index (Phi) is 6.81. The molecule has 1 aliphatic heterocycles. The van der Waals surface area contributed by atoms with E-state index in [4.69, 9.17) is 10.5 Å². The van der Waals surface area contributed by atoms with Gasteiger partial charge in [-0.15, -0.1) is 0 Å². The van der Waals surface area contributed by atoms with Crippen molar-refractivity contribution in [1.82, 2.24) is 15.2 Å². The summed E-state index contributed by atoms with van der Waals surface area (Å²) in [6.45, 7) is 0.422. The van der Waals surface area contributed by atoms with Crippen LogP contribution in [0.1, 0.15) is 35.8 Å². The van der Waals surface area contributed by atoms with Gasteiger partial charge >= 0.3 is 6.18 Å². The molecular weight excluding hydrogens is 443 g/mol. The summed E-state index contributed by atoms with van der Waals surface area (Å²) in [5, 5.41) is 14.6. The van der Waals surface area contributed by atoms with Crippen LogP contribution in [0.2, 0.25) is 0 Å². The number of alkyl halides is 3. The number of nitrogens with one attached hydrogen (secondary N) is 2. The molecule has 1 fully saturated rings. The third kappa shape index (κ3) is 5.19. The van der Waals surface area contributed by atoms with Crippen molar-refractivity contribution in [3.05, 3.63) is 30.0 Å². The Hall–Kier alpha value is -3.75. The van der Waals surface area contributed by atoms with E-state index in [1.807, 2.05) is 6.07 Å². The van der Waals surface area contributed by atoms with Crippen LogP contribution in [0.15, 0.2) is 24.3 Å². The average Bonchev–Trinajstić information content (AvgIpc) is 3.34. The summed E-state index contributed by atoms with van der Waals surface area (Å²) >= 11 is 0. The largest absolute Gasteiger partial charge is 0.496 e. The Morgan fingerprint density at radius 3 is 2.70 bits per heavy atom. The molecule has 3 amide bonds. The highest BCUT2D eigenvalue weighted by molar-refractivity contribution is 6.01. The zero-order valence-corrected chi connectivity index (χ0v) is 17.6. The highest BCUT2D eigenvalue weighted by atomic mass is 19.4. The first kappa shape index (κ1) is 23.9. The summed E-state index contributed by atoms with van der Waals surface area (Å²) in [6, 6.07) is 4.45. The van der Waals surface area contributed by atoms with Gasteiger partial charge in [-0.25, -0.2) is 0 Å². The number of carbonyl (C=O) groups is 3. The number of nitriles is 1. The van der Waals surface area contributed by atoms with Crippen LogP contribution in [-0.4, -0.2) is 48.2 Å². The fourth-order valence-corrected chi connectivity index (χ4v) is 4.01. The lowest BCUT2D eigenvalue weighted by Gasteiger charge is -2.24. The summed E-state index contributed by atoms with van der Waals surface area (Å²) in [4.78, 5) is 36.9. The molecule has 0 spiro atoms. The van der Waals surface area contributed by atoms with E-state index in [0.717, 1.165) is 4.57 Å². The second-order valence-electron chi connectivity index (χ2n) is 7.69. The molecule has 4 N–H and O–H groups in total. The maximum atomic E-state index is 13.5. The number of rotatable bonds is 8. The molecule has 3 rings (SSSR count). The summed E-state index contributed by atoms with van der Waals surface area (Å²) in [5.74, 6) is -2.69. The molecule has 3 atom stereocenters. The van der Waals surface area contributed by atoms with Crippen molar-refractivity contribution in [3.8, 4) is 11.8 Å². The van der Waals surface area contributed by atoms with Gasteiger partial charge in [-0.2, -0.15) is 18.4 Å². The number of amides is 3. The molecule has 0 aliphatic carbocycles. The minimum atomic E-state index is -4.78. The van der Waals surface area contributed by atoms with Crippen LogP contribution in [0.4, 0.5) is 13.2 Å². The first-order valence-electron chi connectivity index (χ1n) is 10.1. The zero-order valence-electron chi connectivity index (χ0n) is 17.6. The Morgan fingerprint density at radius 2 is 2.15 bits per heavy atom. The van der Waals surface area contributed by atoms with Gasteiger partial charge in [0.1, 0.15) is 23.5 Å². The molecule has 0 saturated carbocycles. The SMILES string of the molecule is COc1cccc2c1cc(C(N)=O)n2[C@@H](CC(F)(F)F)C(=O)N[C@H](C#N)C[C@@H]1CCNC1=O. The molecular formula is C21H22F3N5O4. The lowest BCUT2D eigenvalue weighted by atomic mass is 9.98. The molecule has 12 heteroatoms. The fourth-order valence-electron chi connectivity index (χ4n) is 4.01. The molecule has 2 aromatic rings. The molecule has 176 valence electrons. The fraction of sp³-hybridized carbons (Fsp3) is 0.429. The standard InChI is InChI=1S/C21H22F3N5O4/c1-33-17-4-2-3-14-13(17)8-15(18(26)30)29(14)16(9-21(22,23)24)20(32)28-12(10-25)7-11-5-6-27-19(11)31/h2-4,8,11-12,16H,5-7,9H2,1H3,(H2,26,30)(H,27,31)(H,28,32)/t11-,12-,16-/m0/s1. The van der Waals surface area contributed by atoms with Crippen molar-refractivity contribution in [2.45, 2.75) is 37.5 Å². The Balaban J connectivity index is 2.02. The highest BCUT2D eigenvalue weighted by Gasteiger charge is 2.39. The van der Waals surface area contributed by atoms with E-state index in [-0.39, 0.29) is 29.3 Å². The lowest BCUT2D eigenvalue weighted by molar-refractivity contribution is -0.152. The molecule has 0 unspecified atom stereocenters. The number of nitrogens with zero attached hydrogens (tertiary/aromatic N) is 2. The minimum Gasteiger partial charge on any atom is -0.496 e. The van der Waals surface area contributed by atoms with Crippen LogP contribution >= 0.6 is 0 Å². The third-order valence-electron chi connectivity index (χ3n) is 5.51. The van der Waals surface area contributed by atoms with Crippen LogP contribution < -0.4 is 21.1 Å². The predicted molar refractivity (Wildman–Crippen MR) is 110 cm³/mol. The first-order chi connectivity index (χ1) is 15.6. The van der Waals surface area contributed by atoms with Crippen molar-refractivity contribution < 1.29 is 32.3 Å². The number of carbonyl (C=O) groups excluding carboxylic acids is 3. The van der Waals surface area contributed by atoms with Gasteiger partial charge in [-0.3, -0.25) is 14.4 Å². The van der Waals surface area contributed by atoms with E-state index in [9.17, 15) is 32.8 Å². The molecule has 1 aromatic heterocycles. The number of primary amides is 1. The zero-order chi connectivity index (χ0) is 24.3.